The van der Waals surface area contributed by atoms with Gasteiger partial charge in [0.05, 0.1) is 0 Å². The molecule has 146 valence electrons. The van der Waals surface area contributed by atoms with E-state index in [1.54, 1.807) is 6.07 Å². The SMILES string of the molecule is NCc1cc(C2=CCN(C(=O)O)CC2)ccc1NC(=O)OCc1ccccc1. The number of hydrogen-bond donors (Lipinski definition) is 3. The van der Waals surface area contributed by atoms with Crippen LogP contribution < -0.4 is 11.1 Å². The summed E-state index contributed by atoms with van der Waals surface area (Å²) >= 11 is 0. The number of amides is 2. The third kappa shape index (κ3) is 4.89. The van der Waals surface area contributed by atoms with Crippen LogP contribution in [-0.2, 0) is 17.9 Å². The van der Waals surface area contributed by atoms with Crippen molar-refractivity contribution in [2.75, 3.05) is 18.4 Å². The molecule has 0 aliphatic carbocycles. The summed E-state index contributed by atoms with van der Waals surface area (Å²) in [4.78, 5) is 24.5. The number of ether oxygens (including phenoxy) is 1. The highest BCUT2D eigenvalue weighted by atomic mass is 16.5. The summed E-state index contributed by atoms with van der Waals surface area (Å²) in [5.41, 5.74) is 10.2. The zero-order chi connectivity index (χ0) is 19.9. The van der Waals surface area contributed by atoms with Crippen molar-refractivity contribution in [1.29, 1.82) is 0 Å². The number of anilines is 1. The molecule has 0 radical (unpaired) electrons. The van der Waals surface area contributed by atoms with E-state index in [0.717, 1.165) is 22.3 Å². The van der Waals surface area contributed by atoms with Gasteiger partial charge in [-0.05, 0) is 40.8 Å². The third-order valence-electron chi connectivity index (χ3n) is 4.63. The van der Waals surface area contributed by atoms with Crippen molar-refractivity contribution in [3.63, 3.8) is 0 Å². The average molecular weight is 381 g/mol. The minimum Gasteiger partial charge on any atom is -0.465 e. The summed E-state index contributed by atoms with van der Waals surface area (Å²) in [6.45, 7) is 1.28. The van der Waals surface area contributed by atoms with Crippen LogP contribution in [0.2, 0.25) is 0 Å². The molecule has 0 saturated carbocycles. The summed E-state index contributed by atoms with van der Waals surface area (Å²) in [5, 5.41) is 11.8. The summed E-state index contributed by atoms with van der Waals surface area (Å²) in [7, 11) is 0. The molecule has 0 unspecified atom stereocenters. The molecule has 0 aromatic heterocycles. The molecule has 7 heteroatoms. The smallest absolute Gasteiger partial charge is 0.411 e. The van der Waals surface area contributed by atoms with E-state index in [2.05, 4.69) is 5.32 Å². The van der Waals surface area contributed by atoms with Crippen LogP contribution in [0.25, 0.3) is 5.57 Å². The molecule has 1 aliphatic rings. The Balaban J connectivity index is 1.64. The first-order valence-corrected chi connectivity index (χ1v) is 9.05. The molecule has 2 amide bonds. The number of carbonyl (C=O) groups excluding carboxylic acids is 1. The van der Waals surface area contributed by atoms with E-state index >= 15 is 0 Å². The van der Waals surface area contributed by atoms with Crippen molar-refractivity contribution in [1.82, 2.24) is 4.90 Å². The Morgan fingerprint density at radius 1 is 1.18 bits per heavy atom. The number of carbonyl (C=O) groups is 2. The largest absolute Gasteiger partial charge is 0.465 e. The van der Waals surface area contributed by atoms with Gasteiger partial charge >= 0.3 is 12.2 Å². The molecule has 4 N–H and O–H groups in total. The monoisotopic (exact) mass is 381 g/mol. The van der Waals surface area contributed by atoms with Gasteiger partial charge in [-0.1, -0.05) is 42.5 Å². The zero-order valence-corrected chi connectivity index (χ0v) is 15.4. The molecule has 0 saturated heterocycles. The van der Waals surface area contributed by atoms with Gasteiger partial charge in [-0.2, -0.15) is 0 Å². The molecular formula is C21H23N3O4. The highest BCUT2D eigenvalue weighted by Crippen LogP contribution is 2.26. The lowest BCUT2D eigenvalue weighted by Crippen LogP contribution is -2.33. The second kappa shape index (κ2) is 9.05. The lowest BCUT2D eigenvalue weighted by Gasteiger charge is -2.24. The van der Waals surface area contributed by atoms with Gasteiger partial charge < -0.3 is 20.5 Å². The van der Waals surface area contributed by atoms with Crippen molar-refractivity contribution in [2.24, 2.45) is 5.73 Å². The van der Waals surface area contributed by atoms with Gasteiger partial charge in [0.15, 0.2) is 0 Å². The molecule has 7 nitrogen and oxygen atoms in total. The predicted octanol–water partition coefficient (Wildman–Crippen LogP) is 3.66. The number of carboxylic acid groups (broad SMARTS) is 1. The quantitative estimate of drug-likeness (QED) is 0.733. The zero-order valence-electron chi connectivity index (χ0n) is 15.4. The second-order valence-corrected chi connectivity index (χ2v) is 6.47. The van der Waals surface area contributed by atoms with Crippen LogP contribution >= 0.6 is 0 Å². The van der Waals surface area contributed by atoms with E-state index in [0.29, 0.717) is 25.2 Å². The molecule has 28 heavy (non-hydrogen) atoms. The Kier molecular flexibility index (Phi) is 6.29. The number of rotatable bonds is 5. The van der Waals surface area contributed by atoms with Gasteiger partial charge in [-0.25, -0.2) is 9.59 Å². The van der Waals surface area contributed by atoms with Crippen LogP contribution in [0.5, 0.6) is 0 Å². The topological polar surface area (TPSA) is 105 Å². The van der Waals surface area contributed by atoms with Crippen molar-refractivity contribution < 1.29 is 19.4 Å². The van der Waals surface area contributed by atoms with Gasteiger partial charge in [0.2, 0.25) is 0 Å². The van der Waals surface area contributed by atoms with Crippen LogP contribution in [0.15, 0.2) is 54.6 Å². The van der Waals surface area contributed by atoms with E-state index in [4.69, 9.17) is 15.6 Å². The van der Waals surface area contributed by atoms with Crippen LogP contribution in [0.1, 0.15) is 23.1 Å². The van der Waals surface area contributed by atoms with Gasteiger partial charge in [0.25, 0.3) is 0 Å². The molecule has 1 aliphatic heterocycles. The lowest BCUT2D eigenvalue weighted by atomic mass is 9.97. The minimum absolute atomic E-state index is 0.190. The Morgan fingerprint density at radius 2 is 1.96 bits per heavy atom. The van der Waals surface area contributed by atoms with Gasteiger partial charge in [-0.3, -0.25) is 5.32 Å². The summed E-state index contributed by atoms with van der Waals surface area (Å²) in [6, 6.07) is 15.1. The van der Waals surface area contributed by atoms with Gasteiger partial charge in [0.1, 0.15) is 6.61 Å². The van der Waals surface area contributed by atoms with Crippen molar-refractivity contribution in [3.8, 4) is 0 Å². The first-order valence-electron chi connectivity index (χ1n) is 9.05. The second-order valence-electron chi connectivity index (χ2n) is 6.47. The van der Waals surface area contributed by atoms with E-state index in [1.807, 2.05) is 48.5 Å². The number of nitrogens with two attached hydrogens (primary N) is 1. The fourth-order valence-corrected chi connectivity index (χ4v) is 3.06. The molecule has 0 bridgehead atoms. The van der Waals surface area contributed by atoms with Crippen LogP contribution in [-0.4, -0.2) is 35.3 Å². The van der Waals surface area contributed by atoms with Gasteiger partial charge in [-0.15, -0.1) is 0 Å². The Labute approximate surface area is 163 Å². The molecule has 2 aromatic rings. The fraction of sp³-hybridized carbons (Fsp3) is 0.238. The molecule has 0 fully saturated rings. The summed E-state index contributed by atoms with van der Waals surface area (Å²) in [5.74, 6) is 0. The standard InChI is InChI=1S/C21H23N3O4/c22-13-18-12-17(16-8-10-24(11-9-16)21(26)27)6-7-19(18)23-20(25)28-14-15-4-2-1-3-5-15/h1-8,12H,9-11,13-14,22H2,(H,23,25)(H,26,27). The van der Waals surface area contributed by atoms with E-state index in [9.17, 15) is 9.59 Å². The van der Waals surface area contributed by atoms with Crippen LogP contribution in [0.3, 0.4) is 0 Å². The first-order chi connectivity index (χ1) is 13.6. The maximum Gasteiger partial charge on any atom is 0.411 e. The lowest BCUT2D eigenvalue weighted by molar-refractivity contribution is 0.150. The molecule has 1 heterocycles. The first kappa shape index (κ1) is 19.4. The summed E-state index contributed by atoms with van der Waals surface area (Å²) < 4.78 is 5.25. The van der Waals surface area contributed by atoms with E-state index in [-0.39, 0.29) is 13.2 Å². The molecule has 2 aromatic carbocycles. The number of nitrogens with one attached hydrogen (secondary N) is 1. The molecule has 0 atom stereocenters. The van der Waals surface area contributed by atoms with Crippen LogP contribution in [0.4, 0.5) is 15.3 Å². The van der Waals surface area contributed by atoms with E-state index in [1.165, 1.54) is 4.90 Å². The average Bonchev–Trinajstić information content (AvgIpc) is 2.73. The number of benzene rings is 2. The molecular weight excluding hydrogens is 358 g/mol. The van der Waals surface area contributed by atoms with Gasteiger partial charge in [0, 0.05) is 25.3 Å². The number of nitrogens with zero attached hydrogens (tertiary/aromatic N) is 1. The minimum atomic E-state index is -0.911. The maximum absolute atomic E-state index is 12.1. The Hall–Kier alpha value is -3.32. The van der Waals surface area contributed by atoms with Crippen molar-refractivity contribution in [2.45, 2.75) is 19.6 Å². The van der Waals surface area contributed by atoms with Crippen molar-refractivity contribution in [3.05, 3.63) is 71.3 Å². The molecule has 3 rings (SSSR count). The molecule has 0 spiro atoms. The van der Waals surface area contributed by atoms with Crippen LogP contribution in [0, 0.1) is 0 Å². The summed E-state index contributed by atoms with van der Waals surface area (Å²) in [6.07, 6.45) is 1.10. The highest BCUT2D eigenvalue weighted by molar-refractivity contribution is 5.86. The third-order valence-corrected chi connectivity index (χ3v) is 4.63. The Bertz CT molecular complexity index is 880. The number of hydrogen-bond acceptors (Lipinski definition) is 4. The highest BCUT2D eigenvalue weighted by Gasteiger charge is 2.17. The van der Waals surface area contributed by atoms with E-state index < -0.39 is 12.2 Å². The van der Waals surface area contributed by atoms with Crippen molar-refractivity contribution >= 4 is 23.4 Å². The Morgan fingerprint density at radius 3 is 2.61 bits per heavy atom. The fourth-order valence-electron chi connectivity index (χ4n) is 3.06. The predicted molar refractivity (Wildman–Crippen MR) is 107 cm³/mol. The maximum atomic E-state index is 12.1. The normalized spacial score (nSPS) is 13.6.